The maximum absolute atomic E-state index is 11.0. The Morgan fingerprint density at radius 1 is 1.20 bits per heavy atom. The van der Waals surface area contributed by atoms with Gasteiger partial charge in [0, 0.05) is 5.56 Å². The molecule has 0 aliphatic heterocycles. The van der Waals surface area contributed by atoms with E-state index in [0.717, 1.165) is 11.8 Å². The zero-order chi connectivity index (χ0) is 9.97. The molecule has 0 unspecified atom stereocenters. The van der Waals surface area contributed by atoms with Gasteiger partial charge in [-0.15, -0.1) is 12.4 Å². The fourth-order valence-electron chi connectivity index (χ4n) is 1.18. The molecular weight excluding hydrogens is 235 g/mol. The van der Waals surface area contributed by atoms with Crippen molar-refractivity contribution in [3.8, 4) is 11.3 Å². The van der Waals surface area contributed by atoms with Crippen molar-refractivity contribution < 1.29 is 0 Å². The Hall–Kier alpha value is -1.32. The monoisotopic (exact) mass is 242 g/mol. The van der Waals surface area contributed by atoms with E-state index in [1.54, 1.807) is 0 Å². The predicted molar refractivity (Wildman–Crippen MR) is 62.6 cm³/mol. The van der Waals surface area contributed by atoms with E-state index in [1.807, 2.05) is 30.3 Å². The third-order valence-corrected chi connectivity index (χ3v) is 2.10. The highest BCUT2D eigenvalue weighted by Crippen LogP contribution is 2.21. The number of aromatic amines is 1. The summed E-state index contributed by atoms with van der Waals surface area (Å²) < 4.78 is 0. The standard InChI is InChI=1S/C10H7ClN2O.ClH/c11-10-9(13-8(14)6-12-10)7-4-2-1-3-5-7;/h1-6H,(H,13,14);1H. The lowest BCUT2D eigenvalue weighted by molar-refractivity contribution is 1.14. The van der Waals surface area contributed by atoms with Crippen LogP contribution < -0.4 is 5.56 Å². The van der Waals surface area contributed by atoms with Crippen molar-refractivity contribution in [2.45, 2.75) is 0 Å². The maximum atomic E-state index is 11.0. The fourth-order valence-corrected chi connectivity index (χ4v) is 1.39. The second-order valence-corrected chi connectivity index (χ2v) is 3.14. The van der Waals surface area contributed by atoms with Crippen LogP contribution in [0.15, 0.2) is 41.3 Å². The molecule has 0 saturated carbocycles. The minimum absolute atomic E-state index is 0. The average molecular weight is 243 g/mol. The van der Waals surface area contributed by atoms with Gasteiger partial charge in [0.2, 0.25) is 0 Å². The molecule has 0 fully saturated rings. The molecule has 1 aromatic carbocycles. The summed E-state index contributed by atoms with van der Waals surface area (Å²) in [5.41, 5.74) is 1.15. The third-order valence-electron chi connectivity index (χ3n) is 1.81. The number of hydrogen-bond donors (Lipinski definition) is 1. The van der Waals surface area contributed by atoms with Gasteiger partial charge in [0.25, 0.3) is 5.56 Å². The molecule has 0 bridgehead atoms. The Morgan fingerprint density at radius 3 is 2.53 bits per heavy atom. The van der Waals surface area contributed by atoms with Gasteiger partial charge in [-0.05, 0) is 0 Å². The molecule has 0 radical (unpaired) electrons. The molecule has 0 atom stereocenters. The normalized spacial score (nSPS) is 9.40. The van der Waals surface area contributed by atoms with Crippen molar-refractivity contribution in [1.29, 1.82) is 0 Å². The van der Waals surface area contributed by atoms with Crippen LogP contribution in [0.5, 0.6) is 0 Å². The average Bonchev–Trinajstić information content (AvgIpc) is 2.23. The molecule has 0 spiro atoms. The Kier molecular flexibility index (Phi) is 3.88. The maximum Gasteiger partial charge on any atom is 0.266 e. The highest BCUT2D eigenvalue weighted by Gasteiger charge is 2.04. The van der Waals surface area contributed by atoms with E-state index >= 15 is 0 Å². The number of aromatic nitrogens is 2. The van der Waals surface area contributed by atoms with Crippen LogP contribution in [-0.2, 0) is 0 Å². The van der Waals surface area contributed by atoms with Crippen LogP contribution in [0.25, 0.3) is 11.3 Å². The van der Waals surface area contributed by atoms with Gasteiger partial charge in [0.1, 0.15) is 0 Å². The SMILES string of the molecule is Cl.O=c1cnc(Cl)c(-c2ccccc2)[nH]1. The minimum Gasteiger partial charge on any atom is -0.318 e. The second kappa shape index (κ2) is 4.96. The van der Waals surface area contributed by atoms with Gasteiger partial charge in [0.15, 0.2) is 5.15 Å². The van der Waals surface area contributed by atoms with Crippen LogP contribution in [0.4, 0.5) is 0 Å². The summed E-state index contributed by atoms with van der Waals surface area (Å²) in [4.78, 5) is 17.5. The number of benzene rings is 1. The molecule has 15 heavy (non-hydrogen) atoms. The zero-order valence-corrected chi connectivity index (χ0v) is 9.18. The smallest absolute Gasteiger partial charge is 0.266 e. The molecule has 2 aromatic rings. The van der Waals surface area contributed by atoms with Crippen LogP contribution >= 0.6 is 24.0 Å². The summed E-state index contributed by atoms with van der Waals surface area (Å²) >= 11 is 5.85. The number of halogens is 2. The Morgan fingerprint density at radius 2 is 1.87 bits per heavy atom. The van der Waals surface area contributed by atoms with E-state index in [9.17, 15) is 4.79 Å². The Bertz CT molecular complexity index is 496. The van der Waals surface area contributed by atoms with E-state index in [2.05, 4.69) is 9.97 Å². The van der Waals surface area contributed by atoms with Gasteiger partial charge in [-0.1, -0.05) is 41.9 Å². The van der Waals surface area contributed by atoms with Gasteiger partial charge >= 0.3 is 0 Å². The van der Waals surface area contributed by atoms with Crippen molar-refractivity contribution >= 4 is 24.0 Å². The largest absolute Gasteiger partial charge is 0.318 e. The van der Waals surface area contributed by atoms with Crippen LogP contribution in [-0.4, -0.2) is 9.97 Å². The number of hydrogen-bond acceptors (Lipinski definition) is 2. The summed E-state index contributed by atoms with van der Waals surface area (Å²) in [6.07, 6.45) is 1.16. The molecule has 1 aromatic heterocycles. The molecule has 1 heterocycles. The zero-order valence-electron chi connectivity index (χ0n) is 7.61. The van der Waals surface area contributed by atoms with E-state index < -0.39 is 0 Å². The fraction of sp³-hybridized carbons (Fsp3) is 0. The number of H-pyrrole nitrogens is 1. The van der Waals surface area contributed by atoms with E-state index in [4.69, 9.17) is 11.6 Å². The number of nitrogens with one attached hydrogen (secondary N) is 1. The Labute approximate surface area is 97.5 Å². The first-order valence-electron chi connectivity index (χ1n) is 4.07. The van der Waals surface area contributed by atoms with E-state index in [0.29, 0.717) is 10.8 Å². The van der Waals surface area contributed by atoms with Crippen LogP contribution in [0.1, 0.15) is 0 Å². The quantitative estimate of drug-likeness (QED) is 0.836. The summed E-state index contributed by atoms with van der Waals surface area (Å²) in [6, 6.07) is 9.36. The molecule has 1 N–H and O–H groups in total. The molecule has 0 aliphatic rings. The van der Waals surface area contributed by atoms with Gasteiger partial charge in [0.05, 0.1) is 11.9 Å². The van der Waals surface area contributed by atoms with Crippen molar-refractivity contribution in [2.75, 3.05) is 0 Å². The van der Waals surface area contributed by atoms with Crippen molar-refractivity contribution in [1.82, 2.24) is 9.97 Å². The summed E-state index contributed by atoms with van der Waals surface area (Å²) in [7, 11) is 0. The lowest BCUT2D eigenvalue weighted by Crippen LogP contribution is -2.06. The number of rotatable bonds is 1. The van der Waals surface area contributed by atoms with Crippen LogP contribution in [0, 0.1) is 0 Å². The van der Waals surface area contributed by atoms with Crippen molar-refractivity contribution in [3.05, 3.63) is 52.0 Å². The Balaban J connectivity index is 0.00000112. The molecular formula is C10H8Cl2N2O. The third kappa shape index (κ3) is 2.58. The van der Waals surface area contributed by atoms with Crippen molar-refractivity contribution in [2.24, 2.45) is 0 Å². The van der Waals surface area contributed by atoms with E-state index in [1.165, 1.54) is 0 Å². The summed E-state index contributed by atoms with van der Waals surface area (Å²) in [6.45, 7) is 0. The lowest BCUT2D eigenvalue weighted by atomic mass is 10.2. The lowest BCUT2D eigenvalue weighted by Gasteiger charge is -2.01. The first-order chi connectivity index (χ1) is 6.77. The molecule has 2 rings (SSSR count). The molecule has 0 saturated heterocycles. The van der Waals surface area contributed by atoms with Crippen LogP contribution in [0.3, 0.4) is 0 Å². The summed E-state index contributed by atoms with van der Waals surface area (Å²) in [5.74, 6) is 0. The predicted octanol–water partition coefficient (Wildman–Crippen LogP) is 2.51. The molecule has 0 amide bonds. The second-order valence-electron chi connectivity index (χ2n) is 2.78. The van der Waals surface area contributed by atoms with Crippen molar-refractivity contribution in [3.63, 3.8) is 0 Å². The number of nitrogens with zero attached hydrogens (tertiary/aromatic N) is 1. The summed E-state index contributed by atoms with van der Waals surface area (Å²) in [5, 5.41) is 0.302. The highest BCUT2D eigenvalue weighted by molar-refractivity contribution is 6.31. The van der Waals surface area contributed by atoms with Gasteiger partial charge in [-0.25, -0.2) is 4.98 Å². The van der Waals surface area contributed by atoms with Crippen LogP contribution in [0.2, 0.25) is 5.15 Å². The van der Waals surface area contributed by atoms with E-state index in [-0.39, 0.29) is 18.0 Å². The molecule has 78 valence electrons. The first-order valence-corrected chi connectivity index (χ1v) is 4.45. The molecule has 3 nitrogen and oxygen atoms in total. The van der Waals surface area contributed by atoms with Gasteiger partial charge in [-0.2, -0.15) is 0 Å². The molecule has 5 heteroatoms. The first kappa shape index (κ1) is 11.8. The highest BCUT2D eigenvalue weighted by atomic mass is 35.5. The minimum atomic E-state index is -0.256. The molecule has 0 aliphatic carbocycles. The van der Waals surface area contributed by atoms with Gasteiger partial charge < -0.3 is 4.98 Å². The van der Waals surface area contributed by atoms with Gasteiger partial charge in [-0.3, -0.25) is 4.79 Å². The topological polar surface area (TPSA) is 45.8 Å².